The molecule has 0 aliphatic heterocycles. The summed E-state index contributed by atoms with van der Waals surface area (Å²) in [5, 5.41) is 25.6. The van der Waals surface area contributed by atoms with E-state index in [4.69, 9.17) is 0 Å². The molecule has 4 nitrogen and oxygen atoms in total. The molecule has 0 unspecified atom stereocenters. The first-order chi connectivity index (χ1) is 8.69. The van der Waals surface area contributed by atoms with Crippen LogP contribution in [0.2, 0.25) is 0 Å². The molecule has 0 aromatic carbocycles. The van der Waals surface area contributed by atoms with Gasteiger partial charge >= 0.3 is 0 Å². The highest BCUT2D eigenvalue weighted by Gasteiger charge is 2.25. The molecule has 0 spiro atoms. The Morgan fingerprint density at radius 2 is 1.67 bits per heavy atom. The van der Waals surface area contributed by atoms with E-state index in [1.807, 2.05) is 0 Å². The van der Waals surface area contributed by atoms with Crippen molar-refractivity contribution in [3.05, 3.63) is 35.1 Å². The number of hydrogen-bond acceptors (Lipinski definition) is 4. The topological polar surface area (TPSA) is 64.5 Å². The Morgan fingerprint density at radius 3 is 2.28 bits per heavy atom. The summed E-state index contributed by atoms with van der Waals surface area (Å²) in [6.45, 7) is 5.80. The van der Waals surface area contributed by atoms with Gasteiger partial charge in [0.25, 0.3) is 11.5 Å². The molecule has 1 aliphatic carbocycles. The fourth-order valence-corrected chi connectivity index (χ4v) is 1.58. The number of hydrogen-bond donors (Lipinski definition) is 4. The number of nitrogens with one attached hydrogen (secondary N) is 2. The minimum Gasteiger partial charge on any atom is -0.446 e. The SMILES string of the molecule is CCCCNC1=[C+]C(NCCCC)=C(O)C=C1O. The molecule has 0 bridgehead atoms. The first kappa shape index (κ1) is 14.4. The third-order valence-electron chi connectivity index (χ3n) is 2.70. The minimum atomic E-state index is 0.0321. The second-order valence-corrected chi connectivity index (χ2v) is 4.35. The summed E-state index contributed by atoms with van der Waals surface area (Å²) in [6.07, 6.45) is 8.57. The molecule has 0 atom stereocenters. The van der Waals surface area contributed by atoms with Gasteiger partial charge in [0.05, 0.1) is 0 Å². The molecule has 1 rings (SSSR count). The van der Waals surface area contributed by atoms with Crippen molar-refractivity contribution >= 4 is 0 Å². The second-order valence-electron chi connectivity index (χ2n) is 4.35. The number of aliphatic hydroxyl groups is 2. The number of aliphatic hydroxyl groups excluding tert-OH is 2. The van der Waals surface area contributed by atoms with Gasteiger partial charge in [-0.05, 0) is 12.8 Å². The zero-order valence-corrected chi connectivity index (χ0v) is 11.2. The van der Waals surface area contributed by atoms with E-state index in [2.05, 4.69) is 30.6 Å². The maximum Gasteiger partial charge on any atom is 0.259 e. The molecule has 0 saturated heterocycles. The molecule has 0 heterocycles. The van der Waals surface area contributed by atoms with Crippen LogP contribution in [0.5, 0.6) is 0 Å². The Hall–Kier alpha value is -1.67. The van der Waals surface area contributed by atoms with Crippen molar-refractivity contribution in [2.24, 2.45) is 0 Å². The monoisotopic (exact) mass is 251 g/mol. The summed E-state index contributed by atoms with van der Waals surface area (Å²) in [7, 11) is 0. The van der Waals surface area contributed by atoms with E-state index in [1.165, 1.54) is 6.08 Å². The first-order valence-electron chi connectivity index (χ1n) is 6.65. The van der Waals surface area contributed by atoms with E-state index in [0.717, 1.165) is 38.8 Å². The van der Waals surface area contributed by atoms with Gasteiger partial charge in [0.2, 0.25) is 11.4 Å². The molecule has 0 saturated carbocycles. The van der Waals surface area contributed by atoms with E-state index in [9.17, 15) is 10.2 Å². The average Bonchev–Trinajstić information content (AvgIpc) is 2.34. The van der Waals surface area contributed by atoms with Crippen LogP contribution in [0.1, 0.15) is 39.5 Å². The molecule has 0 radical (unpaired) electrons. The van der Waals surface area contributed by atoms with Crippen LogP contribution < -0.4 is 10.6 Å². The van der Waals surface area contributed by atoms with Crippen molar-refractivity contribution in [2.45, 2.75) is 39.5 Å². The van der Waals surface area contributed by atoms with E-state index in [0.29, 0.717) is 11.4 Å². The molecule has 0 aromatic heterocycles. The normalized spacial score (nSPS) is 14.8. The van der Waals surface area contributed by atoms with E-state index in [-0.39, 0.29) is 11.5 Å². The van der Waals surface area contributed by atoms with Crippen molar-refractivity contribution in [1.29, 1.82) is 0 Å². The van der Waals surface area contributed by atoms with Gasteiger partial charge in [0, 0.05) is 13.1 Å². The molecular weight excluding hydrogens is 228 g/mol. The van der Waals surface area contributed by atoms with Crippen molar-refractivity contribution in [2.75, 3.05) is 13.1 Å². The summed E-state index contributed by atoms with van der Waals surface area (Å²) >= 11 is 0. The van der Waals surface area contributed by atoms with Crippen LogP contribution in [0.4, 0.5) is 0 Å². The third kappa shape index (κ3) is 4.30. The Bertz CT molecular complexity index is 357. The van der Waals surface area contributed by atoms with Crippen molar-refractivity contribution in [3.8, 4) is 0 Å². The summed E-state index contributed by atoms with van der Waals surface area (Å²) in [6, 6.07) is 0. The van der Waals surface area contributed by atoms with Gasteiger partial charge < -0.3 is 20.8 Å². The highest BCUT2D eigenvalue weighted by molar-refractivity contribution is 5.39. The van der Waals surface area contributed by atoms with E-state index >= 15 is 0 Å². The highest BCUT2D eigenvalue weighted by Crippen LogP contribution is 2.16. The third-order valence-corrected chi connectivity index (χ3v) is 2.70. The molecular formula is C14H23N2O2+. The van der Waals surface area contributed by atoms with Crippen LogP contribution in [0.3, 0.4) is 0 Å². The predicted octanol–water partition coefficient (Wildman–Crippen LogP) is 2.68. The van der Waals surface area contributed by atoms with E-state index in [1.54, 1.807) is 0 Å². The average molecular weight is 251 g/mol. The molecule has 4 N–H and O–H groups in total. The van der Waals surface area contributed by atoms with Gasteiger partial charge in [-0.2, -0.15) is 0 Å². The van der Waals surface area contributed by atoms with Gasteiger partial charge in [0.15, 0.2) is 0 Å². The van der Waals surface area contributed by atoms with Crippen molar-refractivity contribution < 1.29 is 10.2 Å². The second kappa shape index (κ2) is 7.62. The summed E-state index contributed by atoms with van der Waals surface area (Å²) < 4.78 is 0. The Labute approximate surface area is 109 Å². The number of rotatable bonds is 8. The van der Waals surface area contributed by atoms with Crippen LogP contribution in [-0.4, -0.2) is 23.3 Å². The van der Waals surface area contributed by atoms with Gasteiger partial charge in [-0.25, -0.2) is 0 Å². The minimum absolute atomic E-state index is 0.0321. The smallest absolute Gasteiger partial charge is 0.259 e. The lowest BCUT2D eigenvalue weighted by molar-refractivity contribution is 0.381. The lowest BCUT2D eigenvalue weighted by Crippen LogP contribution is -2.23. The quantitative estimate of drug-likeness (QED) is 0.395. The maximum absolute atomic E-state index is 9.71. The van der Waals surface area contributed by atoms with Crippen LogP contribution >= 0.6 is 0 Å². The van der Waals surface area contributed by atoms with Crippen LogP contribution in [0, 0.1) is 6.08 Å². The highest BCUT2D eigenvalue weighted by atomic mass is 16.3. The van der Waals surface area contributed by atoms with Gasteiger partial charge in [0.1, 0.15) is 12.2 Å². The van der Waals surface area contributed by atoms with Crippen molar-refractivity contribution in [3.63, 3.8) is 0 Å². The molecule has 0 amide bonds. The lowest BCUT2D eigenvalue weighted by Gasteiger charge is -2.08. The van der Waals surface area contributed by atoms with Crippen LogP contribution in [0.15, 0.2) is 29.0 Å². The van der Waals surface area contributed by atoms with Crippen LogP contribution in [-0.2, 0) is 0 Å². The predicted molar refractivity (Wildman–Crippen MR) is 72.9 cm³/mol. The summed E-state index contributed by atoms with van der Waals surface area (Å²) in [5.41, 5.74) is 1.08. The van der Waals surface area contributed by atoms with Gasteiger partial charge in [-0.3, -0.25) is 0 Å². The number of allylic oxidation sites excluding steroid dienone is 2. The molecule has 1 aliphatic rings. The Balaban J connectivity index is 2.62. The number of unbranched alkanes of at least 4 members (excludes halogenated alkanes) is 2. The summed E-state index contributed by atoms with van der Waals surface area (Å²) in [5.74, 6) is 0.0642. The maximum atomic E-state index is 9.71. The van der Waals surface area contributed by atoms with E-state index < -0.39 is 0 Å². The summed E-state index contributed by atoms with van der Waals surface area (Å²) in [4.78, 5) is 0. The standard InChI is InChI=1S/C14H22N2O2/c1-3-5-7-15-11-9-12(16-8-6-4-2)14(18)10-13(11)17/h10,15-16H,3-8H2,1-2H3,(H-,17,18)/p+1. The molecule has 4 heteroatoms. The molecule has 100 valence electrons. The Kier molecular flexibility index (Phi) is 6.09. The molecule has 18 heavy (non-hydrogen) atoms. The fourth-order valence-electron chi connectivity index (χ4n) is 1.58. The Morgan fingerprint density at radius 1 is 1.06 bits per heavy atom. The van der Waals surface area contributed by atoms with Gasteiger partial charge in [-0.1, -0.05) is 26.7 Å². The molecule has 0 aromatic rings. The van der Waals surface area contributed by atoms with Gasteiger partial charge in [-0.15, -0.1) is 0 Å². The first-order valence-corrected chi connectivity index (χ1v) is 6.65. The fraction of sp³-hybridized carbons (Fsp3) is 0.571. The zero-order chi connectivity index (χ0) is 13.4. The zero-order valence-electron chi connectivity index (χ0n) is 11.2. The molecule has 0 fully saturated rings. The van der Waals surface area contributed by atoms with Crippen molar-refractivity contribution in [1.82, 2.24) is 10.6 Å². The largest absolute Gasteiger partial charge is 0.446 e. The van der Waals surface area contributed by atoms with Crippen LogP contribution in [0.25, 0.3) is 0 Å². The lowest BCUT2D eigenvalue weighted by atomic mass is 10.1.